The van der Waals surface area contributed by atoms with Crippen LogP contribution in [0.1, 0.15) is 5.56 Å². The summed E-state index contributed by atoms with van der Waals surface area (Å²) < 4.78 is 5.18. The van der Waals surface area contributed by atoms with E-state index in [1.807, 2.05) is 30.5 Å². The second-order valence-electron chi connectivity index (χ2n) is 3.03. The minimum Gasteiger partial charge on any atom is -0.423 e. The van der Waals surface area contributed by atoms with Crippen LogP contribution in [0.3, 0.4) is 0 Å². The van der Waals surface area contributed by atoms with Gasteiger partial charge in [0.05, 0.1) is 0 Å². The van der Waals surface area contributed by atoms with Gasteiger partial charge in [0.1, 0.15) is 5.58 Å². The fourth-order valence-corrected chi connectivity index (χ4v) is 1.87. The molecular formula is C11H10O2S. The largest absolute Gasteiger partial charge is 0.423 e. The molecule has 0 aliphatic heterocycles. The maximum absolute atomic E-state index is 11.4. The number of benzene rings is 1. The minimum absolute atomic E-state index is 0.224. The van der Waals surface area contributed by atoms with Gasteiger partial charge in [-0.25, -0.2) is 4.79 Å². The lowest BCUT2D eigenvalue weighted by Crippen LogP contribution is -2.05. The van der Waals surface area contributed by atoms with E-state index in [0.29, 0.717) is 11.3 Å². The minimum atomic E-state index is -0.224. The smallest absolute Gasteiger partial charge is 0.340 e. The van der Waals surface area contributed by atoms with Gasteiger partial charge in [-0.15, -0.1) is 0 Å². The third kappa shape index (κ3) is 1.68. The number of thioether (sulfide) groups is 1. The van der Waals surface area contributed by atoms with Gasteiger partial charge < -0.3 is 4.42 Å². The van der Waals surface area contributed by atoms with E-state index in [1.54, 1.807) is 17.8 Å². The average Bonchev–Trinajstić information content (AvgIpc) is 2.19. The van der Waals surface area contributed by atoms with Gasteiger partial charge in [0.25, 0.3) is 0 Å². The molecule has 1 heterocycles. The molecule has 2 nitrogen and oxygen atoms in total. The number of fused-ring (bicyclic) bond motifs is 1. The summed E-state index contributed by atoms with van der Waals surface area (Å²) >= 11 is 1.62. The molecule has 0 radical (unpaired) electrons. The Morgan fingerprint density at radius 1 is 1.36 bits per heavy atom. The average molecular weight is 206 g/mol. The maximum atomic E-state index is 11.4. The van der Waals surface area contributed by atoms with Crippen molar-refractivity contribution in [2.24, 2.45) is 0 Å². The standard InChI is InChI=1S/C11H10O2S/c1-14-7-9-6-8-4-2-3-5-10(8)13-11(9)12/h2-6H,7H2,1H3. The first-order chi connectivity index (χ1) is 6.81. The molecule has 0 aliphatic rings. The first-order valence-corrected chi connectivity index (χ1v) is 5.71. The highest BCUT2D eigenvalue weighted by atomic mass is 32.2. The molecule has 0 N–H and O–H groups in total. The van der Waals surface area contributed by atoms with Crippen LogP contribution in [0.15, 0.2) is 39.5 Å². The van der Waals surface area contributed by atoms with Crippen LogP contribution >= 0.6 is 11.8 Å². The van der Waals surface area contributed by atoms with Crippen LogP contribution in [0.4, 0.5) is 0 Å². The van der Waals surface area contributed by atoms with Crippen molar-refractivity contribution in [2.75, 3.05) is 6.26 Å². The van der Waals surface area contributed by atoms with Crippen LogP contribution in [-0.2, 0) is 5.75 Å². The van der Waals surface area contributed by atoms with E-state index in [0.717, 1.165) is 10.9 Å². The van der Waals surface area contributed by atoms with Gasteiger partial charge in [0, 0.05) is 16.7 Å². The van der Waals surface area contributed by atoms with Crippen molar-refractivity contribution in [2.45, 2.75) is 5.75 Å². The van der Waals surface area contributed by atoms with E-state index < -0.39 is 0 Å². The molecule has 0 saturated heterocycles. The summed E-state index contributed by atoms with van der Waals surface area (Å²) in [5.41, 5.74) is 1.16. The third-order valence-corrected chi connectivity index (χ3v) is 2.61. The van der Waals surface area contributed by atoms with Crippen LogP contribution in [0.5, 0.6) is 0 Å². The molecule has 2 rings (SSSR count). The van der Waals surface area contributed by atoms with Gasteiger partial charge in [0.15, 0.2) is 0 Å². The van der Waals surface area contributed by atoms with Crippen LogP contribution < -0.4 is 5.63 Å². The molecule has 14 heavy (non-hydrogen) atoms. The monoisotopic (exact) mass is 206 g/mol. The molecule has 2 aromatic rings. The maximum Gasteiger partial charge on any atom is 0.340 e. The Morgan fingerprint density at radius 2 is 2.14 bits per heavy atom. The van der Waals surface area contributed by atoms with Crippen molar-refractivity contribution in [3.05, 3.63) is 46.3 Å². The predicted octanol–water partition coefficient (Wildman–Crippen LogP) is 2.66. The van der Waals surface area contributed by atoms with Crippen LogP contribution in [-0.4, -0.2) is 6.26 Å². The SMILES string of the molecule is CSCc1cc2ccccc2oc1=O. The van der Waals surface area contributed by atoms with E-state index in [1.165, 1.54) is 0 Å². The molecule has 0 unspecified atom stereocenters. The molecule has 1 aromatic carbocycles. The number of para-hydroxylation sites is 1. The van der Waals surface area contributed by atoms with Gasteiger partial charge in [-0.05, 0) is 18.4 Å². The lowest BCUT2D eigenvalue weighted by molar-refractivity contribution is 0.554. The van der Waals surface area contributed by atoms with E-state index in [-0.39, 0.29) is 5.63 Å². The highest BCUT2D eigenvalue weighted by molar-refractivity contribution is 7.97. The Labute approximate surface area is 85.9 Å². The third-order valence-electron chi connectivity index (χ3n) is 2.01. The number of rotatable bonds is 2. The highest BCUT2D eigenvalue weighted by Crippen LogP contribution is 2.14. The van der Waals surface area contributed by atoms with Crippen molar-refractivity contribution in [3.8, 4) is 0 Å². The summed E-state index contributed by atoms with van der Waals surface area (Å²) in [6, 6.07) is 9.45. The first kappa shape index (κ1) is 9.34. The Hall–Kier alpha value is -1.22. The van der Waals surface area contributed by atoms with Gasteiger partial charge in [-0.1, -0.05) is 18.2 Å². The van der Waals surface area contributed by atoms with Crippen molar-refractivity contribution in [3.63, 3.8) is 0 Å². The van der Waals surface area contributed by atoms with Gasteiger partial charge >= 0.3 is 5.63 Å². The molecule has 0 atom stereocenters. The summed E-state index contributed by atoms with van der Waals surface area (Å²) in [6.07, 6.45) is 1.97. The summed E-state index contributed by atoms with van der Waals surface area (Å²) in [5.74, 6) is 0.702. The van der Waals surface area contributed by atoms with E-state index in [2.05, 4.69) is 0 Å². The lowest BCUT2D eigenvalue weighted by Gasteiger charge is -1.99. The zero-order valence-electron chi connectivity index (χ0n) is 7.82. The quantitative estimate of drug-likeness (QED) is 0.708. The van der Waals surface area contributed by atoms with Crippen molar-refractivity contribution < 1.29 is 4.42 Å². The van der Waals surface area contributed by atoms with E-state index >= 15 is 0 Å². The molecular weight excluding hydrogens is 196 g/mol. The van der Waals surface area contributed by atoms with Crippen LogP contribution in [0.25, 0.3) is 11.0 Å². The molecule has 72 valence electrons. The Balaban J connectivity index is 2.65. The summed E-state index contributed by atoms with van der Waals surface area (Å²) in [7, 11) is 0. The van der Waals surface area contributed by atoms with Crippen molar-refractivity contribution in [1.82, 2.24) is 0 Å². The van der Waals surface area contributed by atoms with Gasteiger partial charge in [-0.3, -0.25) is 0 Å². The highest BCUT2D eigenvalue weighted by Gasteiger charge is 2.03. The second-order valence-corrected chi connectivity index (χ2v) is 3.90. The molecule has 1 aromatic heterocycles. The zero-order valence-corrected chi connectivity index (χ0v) is 8.64. The fraction of sp³-hybridized carbons (Fsp3) is 0.182. The summed E-state index contributed by atoms with van der Waals surface area (Å²) in [5, 5.41) is 0.983. The van der Waals surface area contributed by atoms with E-state index in [4.69, 9.17) is 4.42 Å². The normalized spacial score (nSPS) is 10.6. The van der Waals surface area contributed by atoms with Crippen molar-refractivity contribution in [1.29, 1.82) is 0 Å². The topological polar surface area (TPSA) is 30.2 Å². The first-order valence-electron chi connectivity index (χ1n) is 4.32. The number of hydrogen-bond donors (Lipinski definition) is 0. The molecule has 0 saturated carbocycles. The molecule has 0 amide bonds. The van der Waals surface area contributed by atoms with Gasteiger partial charge in [-0.2, -0.15) is 11.8 Å². The summed E-state index contributed by atoms with van der Waals surface area (Å²) in [4.78, 5) is 11.4. The van der Waals surface area contributed by atoms with Gasteiger partial charge in [0.2, 0.25) is 0 Å². The molecule has 0 fully saturated rings. The Kier molecular flexibility index (Phi) is 2.59. The van der Waals surface area contributed by atoms with Crippen molar-refractivity contribution >= 4 is 22.7 Å². The fourth-order valence-electron chi connectivity index (χ4n) is 1.36. The molecule has 3 heteroatoms. The molecule has 0 aliphatic carbocycles. The van der Waals surface area contributed by atoms with Crippen LogP contribution in [0, 0.1) is 0 Å². The second kappa shape index (κ2) is 3.88. The Morgan fingerprint density at radius 3 is 2.93 bits per heavy atom. The van der Waals surface area contributed by atoms with E-state index in [9.17, 15) is 4.79 Å². The Bertz CT molecular complexity index is 502. The predicted molar refractivity (Wildman–Crippen MR) is 59.7 cm³/mol. The zero-order chi connectivity index (χ0) is 9.97. The molecule has 0 bridgehead atoms. The van der Waals surface area contributed by atoms with Crippen LogP contribution in [0.2, 0.25) is 0 Å². The lowest BCUT2D eigenvalue weighted by atomic mass is 10.2. The number of hydrogen-bond acceptors (Lipinski definition) is 3. The molecule has 0 spiro atoms. The summed E-state index contributed by atoms with van der Waals surface area (Å²) in [6.45, 7) is 0.